The molecule has 0 unspecified atom stereocenters. The number of para-hydroxylation sites is 1. The van der Waals surface area contributed by atoms with Crippen molar-refractivity contribution in [3.63, 3.8) is 0 Å². The van der Waals surface area contributed by atoms with Gasteiger partial charge >= 0.3 is 6.03 Å². The molecular weight excluding hydrogens is 401 g/mol. The van der Waals surface area contributed by atoms with E-state index in [0.29, 0.717) is 10.8 Å². The first-order valence-corrected chi connectivity index (χ1v) is 9.72. The molecule has 0 saturated carbocycles. The molecule has 28 heavy (non-hydrogen) atoms. The molecule has 0 fully saturated rings. The highest BCUT2D eigenvalue weighted by Gasteiger charge is 2.14. The third kappa shape index (κ3) is 4.13. The summed E-state index contributed by atoms with van der Waals surface area (Å²) in [4.78, 5) is 32.8. The summed E-state index contributed by atoms with van der Waals surface area (Å²) in [5.41, 5.74) is 1.41. The zero-order valence-electron chi connectivity index (χ0n) is 14.1. The second-order valence-corrected chi connectivity index (χ2v) is 7.45. The van der Waals surface area contributed by atoms with Crippen molar-refractivity contribution in [2.75, 3.05) is 16.0 Å². The lowest BCUT2D eigenvalue weighted by Crippen LogP contribution is -2.19. The van der Waals surface area contributed by atoms with Gasteiger partial charge in [-0.1, -0.05) is 23.5 Å². The predicted octanol–water partition coefficient (Wildman–Crippen LogP) is 4.79. The highest BCUT2D eigenvalue weighted by atomic mass is 32.1. The first-order chi connectivity index (χ1) is 13.6. The number of nitrogens with zero attached hydrogens (tertiary/aromatic N) is 2. The first kappa shape index (κ1) is 18.0. The minimum atomic E-state index is -0.543. The lowest BCUT2D eigenvalue weighted by atomic mass is 10.3. The third-order valence-corrected chi connectivity index (χ3v) is 5.28. The molecular formula is C18H12FN5O2S2. The van der Waals surface area contributed by atoms with Crippen LogP contribution in [0, 0.1) is 5.82 Å². The van der Waals surface area contributed by atoms with Crippen molar-refractivity contribution < 1.29 is 14.0 Å². The van der Waals surface area contributed by atoms with Gasteiger partial charge in [0.2, 0.25) is 0 Å². The van der Waals surface area contributed by atoms with Crippen LogP contribution in [0.15, 0.2) is 53.9 Å². The quantitative estimate of drug-likeness (QED) is 0.448. The Morgan fingerprint density at radius 1 is 0.893 bits per heavy atom. The highest BCUT2D eigenvalue weighted by molar-refractivity contribution is 7.22. The molecule has 10 heteroatoms. The van der Waals surface area contributed by atoms with Crippen molar-refractivity contribution in [3.8, 4) is 0 Å². The number of carbonyl (C=O) groups is 2. The second kappa shape index (κ2) is 7.71. The van der Waals surface area contributed by atoms with Crippen LogP contribution in [0.1, 0.15) is 10.5 Å². The first-order valence-electron chi connectivity index (χ1n) is 8.03. The topological polar surface area (TPSA) is 96.0 Å². The average Bonchev–Trinajstić information content (AvgIpc) is 3.30. The van der Waals surface area contributed by atoms with Crippen LogP contribution in [-0.2, 0) is 0 Å². The number of thiazole rings is 2. The van der Waals surface area contributed by atoms with E-state index in [1.54, 1.807) is 0 Å². The molecule has 0 bridgehead atoms. The molecule has 0 saturated heterocycles. The van der Waals surface area contributed by atoms with E-state index in [2.05, 4.69) is 25.9 Å². The third-order valence-electron chi connectivity index (χ3n) is 3.57. The van der Waals surface area contributed by atoms with Crippen LogP contribution in [-0.4, -0.2) is 21.9 Å². The summed E-state index contributed by atoms with van der Waals surface area (Å²) in [5.74, 6) is -0.808. The zero-order chi connectivity index (χ0) is 19.5. The molecule has 3 N–H and O–H groups in total. The molecule has 0 atom stereocenters. The van der Waals surface area contributed by atoms with Crippen molar-refractivity contribution in [1.82, 2.24) is 9.97 Å². The fourth-order valence-corrected chi connectivity index (χ4v) is 3.86. The fourth-order valence-electron chi connectivity index (χ4n) is 2.31. The smallest absolute Gasteiger partial charge is 0.308 e. The minimum Gasteiger partial charge on any atom is -0.308 e. The van der Waals surface area contributed by atoms with E-state index in [1.807, 2.05) is 24.3 Å². The monoisotopic (exact) mass is 413 g/mol. The Hall–Kier alpha value is -3.37. The van der Waals surface area contributed by atoms with Gasteiger partial charge in [0.25, 0.3) is 5.91 Å². The Balaban J connectivity index is 1.38. The lowest BCUT2D eigenvalue weighted by Gasteiger charge is -2.04. The molecule has 3 amide bonds. The number of anilines is 3. The summed E-state index contributed by atoms with van der Waals surface area (Å²) >= 11 is 2.48. The van der Waals surface area contributed by atoms with Crippen LogP contribution < -0.4 is 16.0 Å². The molecule has 0 spiro atoms. The molecule has 0 radical (unpaired) electrons. The van der Waals surface area contributed by atoms with Crippen LogP contribution in [0.25, 0.3) is 10.2 Å². The van der Waals surface area contributed by atoms with E-state index < -0.39 is 17.8 Å². The fraction of sp³-hybridized carbons (Fsp3) is 0. The molecule has 2 aromatic heterocycles. The van der Waals surface area contributed by atoms with Crippen LogP contribution in [0.2, 0.25) is 0 Å². The van der Waals surface area contributed by atoms with Gasteiger partial charge in [-0.3, -0.25) is 15.4 Å². The summed E-state index contributed by atoms with van der Waals surface area (Å²) in [6, 6.07) is 12.4. The van der Waals surface area contributed by atoms with Gasteiger partial charge in [0.1, 0.15) is 11.5 Å². The maximum absolute atomic E-state index is 12.9. The number of amides is 3. The number of halogens is 1. The zero-order valence-corrected chi connectivity index (χ0v) is 15.7. The Bertz CT molecular complexity index is 1120. The number of fused-ring (bicyclic) bond motifs is 1. The van der Waals surface area contributed by atoms with Gasteiger partial charge in [-0.25, -0.2) is 19.2 Å². The standard InChI is InChI=1S/C18H12FN5O2S2/c19-10-5-7-11(8-6-10)20-16(26)24-17-22-13(9-27-17)15(25)23-18-21-12-3-1-2-4-14(12)28-18/h1-9H,(H,21,23,25)(H2,20,22,24,26). The van der Waals surface area contributed by atoms with Crippen molar-refractivity contribution in [3.05, 3.63) is 65.4 Å². The molecule has 0 aliphatic carbocycles. The van der Waals surface area contributed by atoms with Crippen LogP contribution in [0.3, 0.4) is 0 Å². The largest absolute Gasteiger partial charge is 0.325 e. The average molecular weight is 413 g/mol. The predicted molar refractivity (Wildman–Crippen MR) is 109 cm³/mol. The van der Waals surface area contributed by atoms with E-state index in [9.17, 15) is 14.0 Å². The van der Waals surface area contributed by atoms with Gasteiger partial charge in [0.15, 0.2) is 10.3 Å². The molecule has 0 aliphatic rings. The Morgan fingerprint density at radius 2 is 1.68 bits per heavy atom. The summed E-state index contributed by atoms with van der Waals surface area (Å²) in [6.07, 6.45) is 0. The van der Waals surface area contributed by atoms with Crippen molar-refractivity contribution >= 4 is 60.8 Å². The van der Waals surface area contributed by atoms with Gasteiger partial charge in [-0.05, 0) is 36.4 Å². The Labute approximate surface area is 166 Å². The number of benzene rings is 2. The van der Waals surface area contributed by atoms with Crippen molar-refractivity contribution in [2.24, 2.45) is 0 Å². The number of aromatic nitrogens is 2. The number of nitrogens with one attached hydrogen (secondary N) is 3. The Morgan fingerprint density at radius 3 is 2.46 bits per heavy atom. The molecule has 0 aliphatic heterocycles. The van der Waals surface area contributed by atoms with Gasteiger partial charge in [0, 0.05) is 11.1 Å². The molecule has 2 heterocycles. The molecule has 4 aromatic rings. The van der Waals surface area contributed by atoms with Crippen LogP contribution in [0.4, 0.5) is 25.1 Å². The maximum Gasteiger partial charge on any atom is 0.325 e. The number of urea groups is 1. The normalized spacial score (nSPS) is 10.6. The molecule has 140 valence electrons. The van der Waals surface area contributed by atoms with Gasteiger partial charge < -0.3 is 5.32 Å². The van der Waals surface area contributed by atoms with E-state index in [-0.39, 0.29) is 10.8 Å². The minimum absolute atomic E-state index is 0.168. The van der Waals surface area contributed by atoms with Gasteiger partial charge in [-0.2, -0.15) is 0 Å². The summed E-state index contributed by atoms with van der Waals surface area (Å²) in [6.45, 7) is 0. The molecule has 2 aromatic carbocycles. The van der Waals surface area contributed by atoms with Crippen molar-refractivity contribution in [1.29, 1.82) is 0 Å². The van der Waals surface area contributed by atoms with Crippen molar-refractivity contribution in [2.45, 2.75) is 0 Å². The SMILES string of the molecule is O=C(Nc1ccc(F)cc1)Nc1nc(C(=O)Nc2nc3ccccc3s2)cs1. The summed E-state index contributed by atoms with van der Waals surface area (Å²) < 4.78 is 13.9. The number of hydrogen-bond donors (Lipinski definition) is 3. The van der Waals surface area contributed by atoms with Crippen LogP contribution >= 0.6 is 22.7 Å². The summed E-state index contributed by atoms with van der Waals surface area (Å²) in [7, 11) is 0. The van der Waals surface area contributed by atoms with Gasteiger partial charge in [0.05, 0.1) is 10.2 Å². The Kier molecular flexibility index (Phi) is 4.96. The number of hydrogen-bond acceptors (Lipinski definition) is 6. The van der Waals surface area contributed by atoms with E-state index >= 15 is 0 Å². The molecule has 4 rings (SSSR count). The van der Waals surface area contributed by atoms with E-state index in [0.717, 1.165) is 21.6 Å². The number of carbonyl (C=O) groups excluding carboxylic acids is 2. The second-order valence-electron chi connectivity index (χ2n) is 5.56. The van der Waals surface area contributed by atoms with Gasteiger partial charge in [-0.15, -0.1) is 11.3 Å². The molecule has 7 nitrogen and oxygen atoms in total. The van der Waals surface area contributed by atoms with E-state index in [4.69, 9.17) is 0 Å². The lowest BCUT2D eigenvalue weighted by molar-refractivity contribution is 0.102. The van der Waals surface area contributed by atoms with E-state index in [1.165, 1.54) is 41.0 Å². The summed E-state index contributed by atoms with van der Waals surface area (Å²) in [5, 5.41) is 10.1. The number of rotatable bonds is 4. The van der Waals surface area contributed by atoms with Crippen LogP contribution in [0.5, 0.6) is 0 Å². The highest BCUT2D eigenvalue weighted by Crippen LogP contribution is 2.26. The maximum atomic E-state index is 12.9.